The monoisotopic (exact) mass is 449 g/mol. The second kappa shape index (κ2) is 8.14. The number of thiophene rings is 1. The lowest BCUT2D eigenvalue weighted by atomic mass is 9.98. The fourth-order valence-electron chi connectivity index (χ4n) is 3.62. The van der Waals surface area contributed by atoms with Crippen molar-refractivity contribution >= 4 is 48.8 Å². The minimum atomic E-state index is -3.54. The van der Waals surface area contributed by atoms with Crippen LogP contribution in [0.5, 0.6) is 0 Å². The van der Waals surface area contributed by atoms with E-state index < -0.39 is 10.0 Å². The Morgan fingerprint density at radius 2 is 2.03 bits per heavy atom. The van der Waals surface area contributed by atoms with Crippen molar-refractivity contribution in [1.29, 1.82) is 0 Å². The number of hydrogen-bond donors (Lipinski definition) is 0. The fourth-order valence-corrected chi connectivity index (χ4v) is 7.60. The third-order valence-electron chi connectivity index (χ3n) is 5.13. The van der Waals surface area contributed by atoms with Crippen LogP contribution >= 0.6 is 22.7 Å². The van der Waals surface area contributed by atoms with Gasteiger partial charge in [-0.15, -0.1) is 22.7 Å². The van der Waals surface area contributed by atoms with E-state index in [2.05, 4.69) is 4.98 Å². The predicted octanol–water partition coefficient (Wildman–Crippen LogP) is 3.73. The van der Waals surface area contributed by atoms with E-state index in [9.17, 15) is 13.2 Å². The summed E-state index contributed by atoms with van der Waals surface area (Å²) in [4.78, 5) is 20.2. The van der Waals surface area contributed by atoms with E-state index in [4.69, 9.17) is 0 Å². The minimum absolute atomic E-state index is 0.0217. The molecule has 1 aliphatic heterocycles. The van der Waals surface area contributed by atoms with Gasteiger partial charge in [-0.3, -0.25) is 4.79 Å². The molecule has 0 radical (unpaired) electrons. The van der Waals surface area contributed by atoms with Gasteiger partial charge in [0.1, 0.15) is 9.22 Å². The molecule has 0 saturated carbocycles. The van der Waals surface area contributed by atoms with Crippen molar-refractivity contribution in [3.05, 3.63) is 46.3 Å². The molecule has 0 spiro atoms. The number of amides is 1. The highest BCUT2D eigenvalue weighted by molar-refractivity contribution is 7.91. The molecule has 4 rings (SSSR count). The minimum Gasteiger partial charge on any atom is -0.339 e. The Morgan fingerprint density at radius 1 is 1.24 bits per heavy atom. The molecular formula is C20H23N3O3S3. The number of sulfonamides is 1. The maximum Gasteiger partial charge on any atom is 0.252 e. The molecule has 1 fully saturated rings. The smallest absolute Gasteiger partial charge is 0.252 e. The fraction of sp³-hybridized carbons (Fsp3) is 0.400. The summed E-state index contributed by atoms with van der Waals surface area (Å²) in [5.41, 5.74) is 0.939. The molecule has 1 unspecified atom stereocenters. The summed E-state index contributed by atoms with van der Waals surface area (Å²) in [6.45, 7) is 3.03. The molecule has 1 saturated heterocycles. The van der Waals surface area contributed by atoms with Crippen molar-refractivity contribution in [3.8, 4) is 0 Å². The Morgan fingerprint density at radius 3 is 2.76 bits per heavy atom. The van der Waals surface area contributed by atoms with Gasteiger partial charge in [0.05, 0.1) is 22.7 Å². The van der Waals surface area contributed by atoms with Crippen LogP contribution in [0.15, 0.2) is 40.6 Å². The summed E-state index contributed by atoms with van der Waals surface area (Å²) in [5.74, 6) is -0.342. The lowest BCUT2D eigenvalue weighted by Gasteiger charge is -2.32. The van der Waals surface area contributed by atoms with Crippen LogP contribution in [0.4, 0.5) is 0 Å². The Kier molecular flexibility index (Phi) is 5.74. The zero-order valence-electron chi connectivity index (χ0n) is 16.4. The van der Waals surface area contributed by atoms with Crippen molar-refractivity contribution in [2.45, 2.75) is 30.5 Å². The highest BCUT2D eigenvalue weighted by Crippen LogP contribution is 2.29. The molecule has 1 aromatic carbocycles. The van der Waals surface area contributed by atoms with Gasteiger partial charge in [-0.05, 0) is 44.0 Å². The number of carbonyl (C=O) groups excluding carboxylic acids is 1. The largest absolute Gasteiger partial charge is 0.339 e. The van der Waals surface area contributed by atoms with Crippen LogP contribution in [-0.4, -0.2) is 48.7 Å². The van der Waals surface area contributed by atoms with Crippen molar-refractivity contribution in [1.82, 2.24) is 14.2 Å². The van der Waals surface area contributed by atoms with Gasteiger partial charge < -0.3 is 4.90 Å². The molecule has 9 heteroatoms. The number of carbonyl (C=O) groups is 1. The second-order valence-electron chi connectivity index (χ2n) is 7.34. The van der Waals surface area contributed by atoms with E-state index in [1.807, 2.05) is 37.3 Å². The molecule has 3 aromatic rings. The van der Waals surface area contributed by atoms with Crippen molar-refractivity contribution in [2.75, 3.05) is 20.1 Å². The Hall–Kier alpha value is -1.81. The molecule has 3 heterocycles. The van der Waals surface area contributed by atoms with Gasteiger partial charge in [-0.25, -0.2) is 13.4 Å². The number of aryl methyl sites for hydroxylation is 1. The molecule has 0 aliphatic carbocycles. The first kappa shape index (κ1) is 20.5. The van der Waals surface area contributed by atoms with Crippen LogP contribution in [0.1, 0.15) is 22.7 Å². The van der Waals surface area contributed by atoms with Crippen molar-refractivity contribution < 1.29 is 13.2 Å². The first-order valence-corrected chi connectivity index (χ1v) is 12.6. The first-order chi connectivity index (χ1) is 13.8. The summed E-state index contributed by atoms with van der Waals surface area (Å²) in [5, 5.41) is 0.886. The Bertz CT molecular complexity index is 1100. The third kappa shape index (κ3) is 4.23. The molecular weight excluding hydrogens is 426 g/mol. The number of thiazole rings is 1. The Balaban J connectivity index is 1.45. The van der Waals surface area contributed by atoms with Crippen molar-refractivity contribution in [3.63, 3.8) is 0 Å². The van der Waals surface area contributed by atoms with E-state index in [1.54, 1.807) is 29.4 Å². The van der Waals surface area contributed by atoms with Crippen molar-refractivity contribution in [2.24, 2.45) is 5.92 Å². The van der Waals surface area contributed by atoms with Gasteiger partial charge >= 0.3 is 0 Å². The predicted molar refractivity (Wildman–Crippen MR) is 117 cm³/mol. The lowest BCUT2D eigenvalue weighted by molar-refractivity contribution is -0.135. The zero-order valence-corrected chi connectivity index (χ0v) is 18.8. The van der Waals surface area contributed by atoms with Gasteiger partial charge in [0.2, 0.25) is 5.91 Å². The first-order valence-electron chi connectivity index (χ1n) is 9.50. The summed E-state index contributed by atoms with van der Waals surface area (Å²) >= 11 is 2.86. The number of aromatic nitrogens is 1. The molecule has 29 heavy (non-hydrogen) atoms. The molecule has 1 amide bonds. The average molecular weight is 450 g/mol. The van der Waals surface area contributed by atoms with Gasteiger partial charge in [0, 0.05) is 25.0 Å². The number of rotatable bonds is 5. The third-order valence-corrected chi connectivity index (χ3v) is 9.48. The molecule has 0 N–H and O–H groups in total. The number of piperidine rings is 1. The number of para-hydroxylation sites is 1. The number of hydrogen-bond acceptors (Lipinski definition) is 6. The highest BCUT2D eigenvalue weighted by Gasteiger charge is 2.35. The molecule has 2 aromatic heterocycles. The average Bonchev–Trinajstić information content (AvgIpc) is 3.33. The number of fused-ring (bicyclic) bond motifs is 1. The van der Waals surface area contributed by atoms with E-state index in [0.29, 0.717) is 30.1 Å². The molecule has 0 bridgehead atoms. The molecule has 6 nitrogen and oxygen atoms in total. The maximum atomic E-state index is 13.0. The van der Waals surface area contributed by atoms with E-state index >= 15 is 0 Å². The summed E-state index contributed by atoms with van der Waals surface area (Å²) in [6.07, 6.45) is 1.40. The summed E-state index contributed by atoms with van der Waals surface area (Å²) in [6, 6.07) is 11.4. The zero-order chi connectivity index (χ0) is 20.6. The van der Waals surface area contributed by atoms with Gasteiger partial charge in [-0.2, -0.15) is 4.31 Å². The van der Waals surface area contributed by atoms with Gasteiger partial charge in [0.25, 0.3) is 10.0 Å². The second-order valence-corrected chi connectivity index (χ2v) is 11.9. The van der Waals surface area contributed by atoms with Crippen LogP contribution in [0.3, 0.4) is 0 Å². The summed E-state index contributed by atoms with van der Waals surface area (Å²) in [7, 11) is -1.77. The number of nitrogens with zero attached hydrogens (tertiary/aromatic N) is 3. The normalized spacial score (nSPS) is 18.2. The van der Waals surface area contributed by atoms with E-state index in [0.717, 1.165) is 20.1 Å². The lowest BCUT2D eigenvalue weighted by Crippen LogP contribution is -2.45. The van der Waals surface area contributed by atoms with E-state index in [-0.39, 0.29) is 18.4 Å². The van der Waals surface area contributed by atoms with Crippen LogP contribution < -0.4 is 0 Å². The van der Waals surface area contributed by atoms with Crippen LogP contribution in [0.25, 0.3) is 10.2 Å². The quantitative estimate of drug-likeness (QED) is 0.595. The van der Waals surface area contributed by atoms with Gasteiger partial charge in [-0.1, -0.05) is 12.1 Å². The van der Waals surface area contributed by atoms with Gasteiger partial charge in [0.15, 0.2) is 0 Å². The molecule has 1 aliphatic rings. The topological polar surface area (TPSA) is 70.6 Å². The number of benzene rings is 1. The SMILES string of the molecule is Cc1ccc(S(=O)(=O)N2CCCC(C(=O)N(C)Cc3nc4ccccc4s3)C2)s1. The van der Waals surface area contributed by atoms with Crippen LogP contribution in [0.2, 0.25) is 0 Å². The molecule has 154 valence electrons. The van der Waals surface area contributed by atoms with Crippen LogP contribution in [-0.2, 0) is 21.4 Å². The van der Waals surface area contributed by atoms with Crippen LogP contribution in [0, 0.1) is 12.8 Å². The summed E-state index contributed by atoms with van der Waals surface area (Å²) < 4.78 is 28.8. The maximum absolute atomic E-state index is 13.0. The highest BCUT2D eigenvalue weighted by atomic mass is 32.2. The standard InChI is InChI=1S/C20H23N3O3S3/c1-14-9-10-19(27-14)29(25,26)23-11-5-6-15(12-23)20(24)22(2)13-18-21-16-7-3-4-8-17(16)28-18/h3-4,7-10,15H,5-6,11-13H2,1-2H3. The Labute approximate surface area is 178 Å². The van der Waals surface area contributed by atoms with E-state index in [1.165, 1.54) is 15.6 Å². The molecule has 1 atom stereocenters.